The molecule has 4 aromatic carbocycles. The number of aromatic nitrogens is 1. The normalized spacial score (nSPS) is 11.5. The Labute approximate surface area is 262 Å². The molecule has 5 aromatic rings. The number of ether oxygens (including phenoxy) is 1. The van der Waals surface area contributed by atoms with Crippen LogP contribution in [0.15, 0.2) is 119 Å². The third kappa shape index (κ3) is 6.54. The summed E-state index contributed by atoms with van der Waals surface area (Å²) in [5.41, 5.74) is 7.33. The molecular weight excluding hydrogens is 596 g/mol. The van der Waals surface area contributed by atoms with Crippen molar-refractivity contribution < 1.29 is 17.9 Å². The van der Waals surface area contributed by atoms with Crippen molar-refractivity contribution in [1.82, 2.24) is 9.99 Å². The first kappa shape index (κ1) is 30.6. The molecule has 0 spiro atoms. The molecule has 0 saturated heterocycles. The third-order valence-electron chi connectivity index (χ3n) is 7.14. The van der Waals surface area contributed by atoms with E-state index in [4.69, 9.17) is 16.3 Å². The smallest absolute Gasteiger partial charge is 0.273 e. The molecule has 0 bridgehead atoms. The molecule has 1 N–H and O–H groups in total. The summed E-state index contributed by atoms with van der Waals surface area (Å²) >= 11 is 6.21. The second kappa shape index (κ2) is 13.2. The lowest BCUT2D eigenvalue weighted by Crippen LogP contribution is -2.33. The molecule has 224 valence electrons. The molecule has 1 heterocycles. The fourth-order valence-corrected chi connectivity index (χ4v) is 6.61. The Hall–Kier alpha value is -4.86. The fourth-order valence-electron chi connectivity index (χ4n) is 4.96. The zero-order valence-corrected chi connectivity index (χ0v) is 26.0. The van der Waals surface area contributed by atoms with E-state index in [9.17, 15) is 13.2 Å². The van der Waals surface area contributed by atoms with E-state index in [-0.39, 0.29) is 22.7 Å². The average molecular weight is 627 g/mol. The zero-order chi connectivity index (χ0) is 31.3. The topological polar surface area (TPSA) is 93.0 Å². The van der Waals surface area contributed by atoms with Gasteiger partial charge in [-0.2, -0.15) is 5.10 Å². The van der Waals surface area contributed by atoms with Gasteiger partial charge in [0.25, 0.3) is 15.9 Å². The number of carbonyl (C=O) groups excluding carboxylic acids is 1. The Morgan fingerprint density at radius 1 is 0.932 bits per heavy atom. The van der Waals surface area contributed by atoms with Crippen molar-refractivity contribution in [2.24, 2.45) is 5.10 Å². The molecule has 0 saturated carbocycles. The summed E-state index contributed by atoms with van der Waals surface area (Å²) in [5.74, 6) is -0.0203. The van der Waals surface area contributed by atoms with Crippen molar-refractivity contribution in [3.05, 3.63) is 142 Å². The number of anilines is 1. The lowest BCUT2D eigenvalue weighted by Gasteiger charge is -2.26. The number of para-hydroxylation sites is 1. The predicted octanol–water partition coefficient (Wildman–Crippen LogP) is 6.92. The van der Waals surface area contributed by atoms with Gasteiger partial charge in [0, 0.05) is 27.7 Å². The molecule has 8 nitrogen and oxygen atoms in total. The van der Waals surface area contributed by atoms with Gasteiger partial charge in [0.05, 0.1) is 36.0 Å². The van der Waals surface area contributed by atoms with Crippen molar-refractivity contribution in [2.45, 2.75) is 25.3 Å². The first-order valence-electron chi connectivity index (χ1n) is 13.8. The van der Waals surface area contributed by atoms with E-state index in [1.165, 1.54) is 23.5 Å². The number of hydrogen-bond donors (Lipinski definition) is 1. The summed E-state index contributed by atoms with van der Waals surface area (Å²) in [7, 11) is -2.57. The van der Waals surface area contributed by atoms with Crippen LogP contribution >= 0.6 is 11.6 Å². The van der Waals surface area contributed by atoms with Gasteiger partial charge < -0.3 is 9.30 Å². The molecular formula is C34H31ClN4O4S. The maximum atomic E-state index is 14.0. The van der Waals surface area contributed by atoms with E-state index in [1.807, 2.05) is 74.5 Å². The van der Waals surface area contributed by atoms with Gasteiger partial charge >= 0.3 is 0 Å². The molecule has 1 aromatic heterocycles. The average Bonchev–Trinajstić information content (AvgIpc) is 3.32. The van der Waals surface area contributed by atoms with E-state index in [2.05, 4.69) is 15.1 Å². The fraction of sp³-hybridized carbons (Fsp3) is 0.118. The number of nitrogens with zero attached hydrogens (tertiary/aromatic N) is 3. The highest BCUT2D eigenvalue weighted by Gasteiger charge is 2.28. The van der Waals surface area contributed by atoms with Crippen LogP contribution in [0.2, 0.25) is 5.02 Å². The number of halogens is 1. The van der Waals surface area contributed by atoms with Crippen LogP contribution < -0.4 is 14.5 Å². The number of carbonyl (C=O) groups is 1. The molecule has 10 heteroatoms. The molecule has 0 atom stereocenters. The van der Waals surface area contributed by atoms with Gasteiger partial charge in [0.1, 0.15) is 5.75 Å². The van der Waals surface area contributed by atoms with Crippen molar-refractivity contribution >= 4 is 39.4 Å². The SMILES string of the molecule is COc1ccc(S(=O)(=O)N(Cc2ccccc2)c2ccccc2C(=O)N/N=C/c2cc(C)n(-c3cccc(Cl)c3)c2C)cc1. The summed E-state index contributed by atoms with van der Waals surface area (Å²) in [6, 6.07) is 31.4. The van der Waals surface area contributed by atoms with Crippen LogP contribution in [-0.4, -0.2) is 32.2 Å². The molecule has 5 rings (SSSR count). The minimum atomic E-state index is -4.09. The molecule has 0 aliphatic rings. The maximum Gasteiger partial charge on any atom is 0.273 e. The first-order valence-corrected chi connectivity index (χ1v) is 15.6. The summed E-state index contributed by atoms with van der Waals surface area (Å²) in [4.78, 5) is 13.6. The van der Waals surface area contributed by atoms with Gasteiger partial charge in [0.2, 0.25) is 0 Å². The molecule has 0 fully saturated rings. The zero-order valence-electron chi connectivity index (χ0n) is 24.4. The Bertz CT molecular complexity index is 1920. The number of aryl methyl sites for hydroxylation is 1. The highest BCUT2D eigenvalue weighted by molar-refractivity contribution is 7.92. The van der Waals surface area contributed by atoms with Crippen LogP contribution in [0.1, 0.15) is 32.9 Å². The van der Waals surface area contributed by atoms with Gasteiger partial charge in [-0.1, -0.05) is 60.1 Å². The number of rotatable bonds is 10. The standard InChI is InChI=1S/C34H31ClN4O4S/c1-24-20-27(25(2)39(24)29-13-9-12-28(35)21-29)22-36-37-34(40)32-14-7-8-15-33(32)38(23-26-10-5-4-6-11-26)44(41,42)31-18-16-30(43-3)17-19-31/h4-22H,23H2,1-3H3,(H,37,40)/b36-22+. The predicted molar refractivity (Wildman–Crippen MR) is 175 cm³/mol. The largest absolute Gasteiger partial charge is 0.497 e. The Balaban J connectivity index is 1.45. The highest BCUT2D eigenvalue weighted by Crippen LogP contribution is 2.30. The van der Waals surface area contributed by atoms with Crippen molar-refractivity contribution in [2.75, 3.05) is 11.4 Å². The monoisotopic (exact) mass is 626 g/mol. The number of hydrazone groups is 1. The number of amides is 1. The number of sulfonamides is 1. The van der Waals surface area contributed by atoms with Gasteiger partial charge in [-0.3, -0.25) is 9.10 Å². The molecule has 44 heavy (non-hydrogen) atoms. The minimum absolute atomic E-state index is 0.0122. The van der Waals surface area contributed by atoms with E-state index >= 15 is 0 Å². The Kier molecular flexibility index (Phi) is 9.18. The van der Waals surface area contributed by atoms with E-state index in [0.717, 1.165) is 28.2 Å². The van der Waals surface area contributed by atoms with Gasteiger partial charge in [-0.05, 0) is 80.1 Å². The minimum Gasteiger partial charge on any atom is -0.497 e. The van der Waals surface area contributed by atoms with Crippen LogP contribution in [0.5, 0.6) is 5.75 Å². The quantitative estimate of drug-likeness (QED) is 0.135. The van der Waals surface area contributed by atoms with E-state index in [1.54, 1.807) is 42.6 Å². The van der Waals surface area contributed by atoms with E-state index < -0.39 is 15.9 Å². The van der Waals surface area contributed by atoms with Crippen molar-refractivity contribution in [1.29, 1.82) is 0 Å². The van der Waals surface area contributed by atoms with Crippen LogP contribution in [0, 0.1) is 13.8 Å². The van der Waals surface area contributed by atoms with Crippen LogP contribution in [0.4, 0.5) is 5.69 Å². The second-order valence-corrected chi connectivity index (χ2v) is 12.3. The summed E-state index contributed by atoms with van der Waals surface area (Å²) in [5, 5.41) is 4.85. The van der Waals surface area contributed by atoms with Crippen LogP contribution in [0.3, 0.4) is 0 Å². The van der Waals surface area contributed by atoms with Crippen molar-refractivity contribution in [3.63, 3.8) is 0 Å². The maximum absolute atomic E-state index is 14.0. The first-order chi connectivity index (χ1) is 21.2. The lowest BCUT2D eigenvalue weighted by atomic mass is 10.1. The Morgan fingerprint density at radius 3 is 2.34 bits per heavy atom. The van der Waals surface area contributed by atoms with Crippen LogP contribution in [-0.2, 0) is 16.6 Å². The molecule has 0 aliphatic heterocycles. The third-order valence-corrected chi connectivity index (χ3v) is 9.15. The van der Waals surface area contributed by atoms with Crippen molar-refractivity contribution in [3.8, 4) is 11.4 Å². The van der Waals surface area contributed by atoms with Gasteiger partial charge in [-0.25, -0.2) is 13.8 Å². The molecule has 0 unspecified atom stereocenters. The molecule has 1 amide bonds. The lowest BCUT2D eigenvalue weighted by molar-refractivity contribution is 0.0955. The summed E-state index contributed by atoms with van der Waals surface area (Å²) in [6.45, 7) is 3.95. The van der Waals surface area contributed by atoms with E-state index in [0.29, 0.717) is 10.8 Å². The number of benzene rings is 4. The van der Waals surface area contributed by atoms with Gasteiger partial charge in [-0.15, -0.1) is 0 Å². The number of nitrogens with one attached hydrogen (secondary N) is 1. The molecule has 0 aliphatic carbocycles. The number of hydrogen-bond acceptors (Lipinski definition) is 5. The summed E-state index contributed by atoms with van der Waals surface area (Å²) < 4.78 is 36.6. The van der Waals surface area contributed by atoms with Crippen LogP contribution in [0.25, 0.3) is 5.69 Å². The Morgan fingerprint density at radius 2 is 1.64 bits per heavy atom. The summed E-state index contributed by atoms with van der Waals surface area (Å²) in [6.07, 6.45) is 1.57. The van der Waals surface area contributed by atoms with Gasteiger partial charge in [0.15, 0.2) is 0 Å². The second-order valence-electron chi connectivity index (χ2n) is 10.0. The molecule has 0 radical (unpaired) electrons. The highest BCUT2D eigenvalue weighted by atomic mass is 35.5. The number of methoxy groups -OCH3 is 1.